The summed E-state index contributed by atoms with van der Waals surface area (Å²) >= 11 is 0. The van der Waals surface area contributed by atoms with Gasteiger partial charge < -0.3 is 14.6 Å². The van der Waals surface area contributed by atoms with Gasteiger partial charge in [0, 0.05) is 26.3 Å². The van der Waals surface area contributed by atoms with E-state index in [2.05, 4.69) is 0 Å². The number of carbonyl (C=O) groups is 2. The van der Waals surface area contributed by atoms with Crippen LogP contribution in [0.3, 0.4) is 0 Å². The van der Waals surface area contributed by atoms with Crippen LogP contribution in [0.5, 0.6) is 0 Å². The molecule has 1 aromatic carbocycles. The SMILES string of the molecule is COCCCCN(C(=O)OC(C)(C)C)c1c(C(=O)O)cccc1[N+](=O)[O-]. The summed E-state index contributed by atoms with van der Waals surface area (Å²) < 4.78 is 10.3. The molecule has 0 bridgehead atoms. The fraction of sp³-hybridized carbons (Fsp3) is 0.529. The Bertz CT molecular complexity index is 635. The highest BCUT2D eigenvalue weighted by molar-refractivity contribution is 6.03. The lowest BCUT2D eigenvalue weighted by Crippen LogP contribution is -2.38. The number of hydrogen-bond donors (Lipinski definition) is 1. The number of unbranched alkanes of at least 4 members (excludes halogenated alkanes) is 1. The van der Waals surface area contributed by atoms with Crippen LogP contribution >= 0.6 is 0 Å². The predicted molar refractivity (Wildman–Crippen MR) is 94.7 cm³/mol. The molecule has 1 aromatic rings. The summed E-state index contributed by atoms with van der Waals surface area (Å²) in [6.45, 7) is 5.48. The van der Waals surface area contributed by atoms with Crippen LogP contribution in [0.15, 0.2) is 18.2 Å². The van der Waals surface area contributed by atoms with Gasteiger partial charge in [0.05, 0.1) is 10.5 Å². The summed E-state index contributed by atoms with van der Waals surface area (Å²) in [4.78, 5) is 35.9. The fourth-order valence-corrected chi connectivity index (χ4v) is 2.26. The van der Waals surface area contributed by atoms with Crippen molar-refractivity contribution in [3.63, 3.8) is 0 Å². The average Bonchev–Trinajstić information content (AvgIpc) is 2.52. The smallest absolute Gasteiger partial charge is 0.415 e. The quantitative estimate of drug-likeness (QED) is 0.424. The molecule has 0 radical (unpaired) electrons. The Morgan fingerprint density at radius 3 is 2.42 bits per heavy atom. The van der Waals surface area contributed by atoms with Crippen LogP contribution in [0, 0.1) is 10.1 Å². The molecule has 0 aliphatic heterocycles. The number of benzene rings is 1. The van der Waals surface area contributed by atoms with E-state index in [0.717, 1.165) is 11.0 Å². The Morgan fingerprint density at radius 2 is 1.92 bits per heavy atom. The Kier molecular flexibility index (Phi) is 7.51. The number of methoxy groups -OCH3 is 1. The molecule has 26 heavy (non-hydrogen) atoms. The molecule has 9 nitrogen and oxygen atoms in total. The van der Waals surface area contributed by atoms with Gasteiger partial charge in [0.1, 0.15) is 11.3 Å². The Morgan fingerprint density at radius 1 is 1.27 bits per heavy atom. The number of carboxylic acids is 1. The highest BCUT2D eigenvalue weighted by atomic mass is 16.6. The number of ether oxygens (including phenoxy) is 2. The van der Waals surface area contributed by atoms with Gasteiger partial charge in [-0.3, -0.25) is 15.0 Å². The molecule has 0 spiro atoms. The Hall–Kier alpha value is -2.68. The molecule has 0 unspecified atom stereocenters. The van der Waals surface area contributed by atoms with Gasteiger partial charge >= 0.3 is 12.1 Å². The van der Waals surface area contributed by atoms with Gasteiger partial charge in [0.2, 0.25) is 0 Å². The first-order valence-corrected chi connectivity index (χ1v) is 8.08. The van der Waals surface area contributed by atoms with Crippen molar-refractivity contribution >= 4 is 23.4 Å². The van der Waals surface area contributed by atoms with E-state index in [0.29, 0.717) is 19.4 Å². The summed E-state index contributed by atoms with van der Waals surface area (Å²) in [5.74, 6) is -1.37. The number of para-hydroxylation sites is 1. The number of carbonyl (C=O) groups excluding carboxylic acids is 1. The summed E-state index contributed by atoms with van der Waals surface area (Å²) in [5, 5.41) is 20.8. The zero-order chi connectivity index (χ0) is 19.9. The molecule has 144 valence electrons. The third-order valence-electron chi connectivity index (χ3n) is 3.31. The number of nitro groups is 1. The summed E-state index contributed by atoms with van der Waals surface area (Å²) in [6.07, 6.45) is 0.212. The van der Waals surface area contributed by atoms with Crippen molar-refractivity contribution in [2.45, 2.75) is 39.2 Å². The van der Waals surface area contributed by atoms with Gasteiger partial charge in [-0.05, 0) is 39.7 Å². The van der Waals surface area contributed by atoms with Gasteiger partial charge in [0.15, 0.2) is 0 Å². The van der Waals surface area contributed by atoms with Crippen molar-refractivity contribution in [2.75, 3.05) is 25.2 Å². The van der Waals surface area contributed by atoms with Crippen LogP contribution in [-0.2, 0) is 9.47 Å². The average molecular weight is 368 g/mol. The fourth-order valence-electron chi connectivity index (χ4n) is 2.26. The molecule has 0 aliphatic carbocycles. The number of nitrogens with zero attached hydrogens (tertiary/aromatic N) is 2. The lowest BCUT2D eigenvalue weighted by Gasteiger charge is -2.28. The normalized spacial score (nSPS) is 11.1. The third kappa shape index (κ3) is 5.99. The predicted octanol–water partition coefficient (Wildman–Crippen LogP) is 3.46. The van der Waals surface area contributed by atoms with Crippen molar-refractivity contribution in [3.8, 4) is 0 Å². The lowest BCUT2D eigenvalue weighted by atomic mass is 10.1. The van der Waals surface area contributed by atoms with Crippen LogP contribution in [0.25, 0.3) is 0 Å². The molecule has 0 heterocycles. The maximum absolute atomic E-state index is 12.6. The van der Waals surface area contributed by atoms with E-state index in [4.69, 9.17) is 9.47 Å². The lowest BCUT2D eigenvalue weighted by molar-refractivity contribution is -0.384. The zero-order valence-corrected chi connectivity index (χ0v) is 15.4. The largest absolute Gasteiger partial charge is 0.478 e. The minimum atomic E-state index is -1.37. The minimum Gasteiger partial charge on any atom is -0.478 e. The molecule has 0 saturated carbocycles. The number of rotatable bonds is 8. The second-order valence-corrected chi connectivity index (χ2v) is 6.57. The molecular formula is C17H24N2O7. The summed E-state index contributed by atoms with van der Waals surface area (Å²) in [6, 6.07) is 3.65. The summed E-state index contributed by atoms with van der Waals surface area (Å²) in [7, 11) is 1.54. The van der Waals surface area contributed by atoms with Crippen LogP contribution in [0.2, 0.25) is 0 Å². The summed E-state index contributed by atoms with van der Waals surface area (Å²) in [5.41, 5.74) is -1.93. The van der Waals surface area contributed by atoms with Gasteiger partial charge in [-0.2, -0.15) is 0 Å². The first-order chi connectivity index (χ1) is 12.1. The van der Waals surface area contributed by atoms with E-state index in [9.17, 15) is 24.8 Å². The van der Waals surface area contributed by atoms with Crippen LogP contribution in [0.1, 0.15) is 44.0 Å². The first kappa shape index (κ1) is 21.4. The number of amides is 1. The van der Waals surface area contributed by atoms with E-state index in [-0.39, 0.29) is 17.8 Å². The Labute approximate surface area is 151 Å². The molecular weight excluding hydrogens is 344 g/mol. The molecule has 0 aromatic heterocycles. The van der Waals surface area contributed by atoms with Gasteiger partial charge in [0.25, 0.3) is 5.69 Å². The van der Waals surface area contributed by atoms with Crippen molar-refractivity contribution in [2.24, 2.45) is 0 Å². The maximum Gasteiger partial charge on any atom is 0.415 e. The highest BCUT2D eigenvalue weighted by Gasteiger charge is 2.32. The van der Waals surface area contributed by atoms with E-state index in [1.807, 2.05) is 0 Å². The number of carboxylic acid groups (broad SMARTS) is 1. The highest BCUT2D eigenvalue weighted by Crippen LogP contribution is 2.33. The monoisotopic (exact) mass is 368 g/mol. The molecule has 0 fully saturated rings. The molecule has 0 atom stereocenters. The Balaban J connectivity index is 3.38. The van der Waals surface area contributed by atoms with Crippen molar-refractivity contribution in [1.82, 2.24) is 0 Å². The van der Waals surface area contributed by atoms with Crippen molar-refractivity contribution in [1.29, 1.82) is 0 Å². The number of hydrogen-bond acceptors (Lipinski definition) is 6. The molecule has 9 heteroatoms. The molecule has 1 amide bonds. The third-order valence-corrected chi connectivity index (χ3v) is 3.31. The van der Waals surface area contributed by atoms with Gasteiger partial charge in [-0.1, -0.05) is 6.07 Å². The van der Waals surface area contributed by atoms with Crippen molar-refractivity contribution < 1.29 is 29.1 Å². The van der Waals surface area contributed by atoms with Crippen molar-refractivity contribution in [3.05, 3.63) is 33.9 Å². The number of nitro benzene ring substituents is 1. The number of anilines is 1. The van der Waals surface area contributed by atoms with Crippen LogP contribution < -0.4 is 4.90 Å². The van der Waals surface area contributed by atoms with Crippen LogP contribution in [0.4, 0.5) is 16.2 Å². The maximum atomic E-state index is 12.6. The second kappa shape index (κ2) is 9.14. The topological polar surface area (TPSA) is 119 Å². The molecule has 0 saturated heterocycles. The first-order valence-electron chi connectivity index (χ1n) is 8.08. The second-order valence-electron chi connectivity index (χ2n) is 6.57. The van der Waals surface area contributed by atoms with E-state index in [1.54, 1.807) is 20.8 Å². The van der Waals surface area contributed by atoms with Gasteiger partial charge in [-0.15, -0.1) is 0 Å². The van der Waals surface area contributed by atoms with E-state index < -0.39 is 28.3 Å². The molecule has 1 rings (SSSR count). The zero-order valence-electron chi connectivity index (χ0n) is 15.4. The van der Waals surface area contributed by atoms with E-state index in [1.165, 1.54) is 19.2 Å². The van der Waals surface area contributed by atoms with E-state index >= 15 is 0 Å². The minimum absolute atomic E-state index is 0.0589. The molecule has 0 aliphatic rings. The standard InChI is InChI=1S/C17H24N2O7/c1-17(2,3)26-16(22)18(10-5-6-11-25-4)14-12(15(20)21)8-7-9-13(14)19(23)24/h7-9H,5-6,10-11H2,1-4H3,(H,20,21). The molecule has 1 N–H and O–H groups in total. The van der Waals surface area contributed by atoms with Crippen LogP contribution in [-0.4, -0.2) is 48.0 Å². The van der Waals surface area contributed by atoms with Gasteiger partial charge in [-0.25, -0.2) is 9.59 Å². The number of aromatic carboxylic acids is 1.